The molecule has 0 radical (unpaired) electrons. The zero-order valence-corrected chi connectivity index (χ0v) is 11.9. The van der Waals surface area contributed by atoms with Crippen LogP contribution in [0.4, 0.5) is 16.2 Å². The van der Waals surface area contributed by atoms with Gasteiger partial charge in [0.25, 0.3) is 0 Å². The number of amides is 2. The van der Waals surface area contributed by atoms with Crippen molar-refractivity contribution in [2.45, 2.75) is 0 Å². The number of ketones is 1. The van der Waals surface area contributed by atoms with Crippen LogP contribution in [-0.4, -0.2) is 18.4 Å². The Labute approximate surface area is 127 Å². The molecule has 2 aromatic rings. The predicted octanol–water partition coefficient (Wildman–Crippen LogP) is 3.13. The smallest absolute Gasteiger partial charge is 0.323 e. The first-order valence-electron chi connectivity index (χ1n) is 6.25. The van der Waals surface area contributed by atoms with E-state index in [1.165, 1.54) is 0 Å². The summed E-state index contributed by atoms with van der Waals surface area (Å²) in [4.78, 5) is 23.2. The summed E-state index contributed by atoms with van der Waals surface area (Å²) in [7, 11) is 0. The Morgan fingerprint density at radius 1 is 0.905 bits per heavy atom. The van der Waals surface area contributed by atoms with Crippen molar-refractivity contribution in [2.24, 2.45) is 5.73 Å². The molecular weight excluding hydrogens is 290 g/mol. The molecule has 0 unspecified atom stereocenters. The van der Waals surface area contributed by atoms with E-state index in [9.17, 15) is 9.59 Å². The standard InChI is InChI=1S/C15H14ClN3O2/c16-11-3-7-13(8-4-11)19-15(21)18-12-5-1-10(2-6-12)14(20)9-17/h1-8H,9,17H2,(H2,18,19,21). The predicted molar refractivity (Wildman–Crippen MR) is 83.9 cm³/mol. The Morgan fingerprint density at radius 3 is 1.86 bits per heavy atom. The number of hydrogen-bond acceptors (Lipinski definition) is 3. The molecule has 2 amide bonds. The number of halogens is 1. The van der Waals surface area contributed by atoms with Crippen LogP contribution in [0.25, 0.3) is 0 Å². The molecule has 0 aliphatic carbocycles. The number of rotatable bonds is 4. The van der Waals surface area contributed by atoms with E-state index in [4.69, 9.17) is 17.3 Å². The lowest BCUT2D eigenvalue weighted by Gasteiger charge is -2.08. The maximum Gasteiger partial charge on any atom is 0.323 e. The number of benzene rings is 2. The second kappa shape index (κ2) is 6.88. The van der Waals surface area contributed by atoms with Crippen LogP contribution >= 0.6 is 11.6 Å². The summed E-state index contributed by atoms with van der Waals surface area (Å²) in [6, 6.07) is 12.9. The minimum atomic E-state index is -0.379. The van der Waals surface area contributed by atoms with Crippen LogP contribution in [0.2, 0.25) is 5.02 Å². The molecule has 0 heterocycles. The Bertz CT molecular complexity index is 639. The highest BCUT2D eigenvalue weighted by atomic mass is 35.5. The van der Waals surface area contributed by atoms with Crippen molar-refractivity contribution in [3.8, 4) is 0 Å². The lowest BCUT2D eigenvalue weighted by molar-refractivity contribution is 0.100. The second-order valence-electron chi connectivity index (χ2n) is 4.29. The highest BCUT2D eigenvalue weighted by molar-refractivity contribution is 6.30. The first-order valence-corrected chi connectivity index (χ1v) is 6.63. The molecule has 4 N–H and O–H groups in total. The van der Waals surface area contributed by atoms with Gasteiger partial charge in [-0.3, -0.25) is 4.79 Å². The van der Waals surface area contributed by atoms with E-state index in [1.54, 1.807) is 48.5 Å². The van der Waals surface area contributed by atoms with Crippen LogP contribution in [0.5, 0.6) is 0 Å². The summed E-state index contributed by atoms with van der Waals surface area (Å²) in [5.41, 5.74) is 7.01. The zero-order valence-electron chi connectivity index (χ0n) is 11.1. The quantitative estimate of drug-likeness (QED) is 0.759. The van der Waals surface area contributed by atoms with Gasteiger partial charge in [-0.05, 0) is 48.5 Å². The Hall–Kier alpha value is -2.37. The van der Waals surface area contributed by atoms with E-state index in [0.29, 0.717) is 22.0 Å². The third-order valence-corrected chi connectivity index (χ3v) is 3.00. The van der Waals surface area contributed by atoms with Gasteiger partial charge in [0.2, 0.25) is 0 Å². The maximum absolute atomic E-state index is 11.8. The van der Waals surface area contributed by atoms with E-state index in [-0.39, 0.29) is 18.4 Å². The van der Waals surface area contributed by atoms with Crippen molar-refractivity contribution in [1.82, 2.24) is 0 Å². The van der Waals surface area contributed by atoms with E-state index < -0.39 is 0 Å². The first-order chi connectivity index (χ1) is 10.1. The molecule has 2 aromatic carbocycles. The Morgan fingerprint density at radius 2 is 1.38 bits per heavy atom. The fourth-order valence-corrected chi connectivity index (χ4v) is 1.81. The fourth-order valence-electron chi connectivity index (χ4n) is 1.68. The molecule has 0 aromatic heterocycles. The fraction of sp³-hybridized carbons (Fsp3) is 0.0667. The van der Waals surface area contributed by atoms with Gasteiger partial charge in [0, 0.05) is 22.0 Å². The molecule has 6 heteroatoms. The third-order valence-electron chi connectivity index (χ3n) is 2.75. The summed E-state index contributed by atoms with van der Waals surface area (Å²) in [6.45, 7) is -0.0379. The Kier molecular flexibility index (Phi) is 4.92. The van der Waals surface area contributed by atoms with Crippen molar-refractivity contribution in [1.29, 1.82) is 0 Å². The van der Waals surface area contributed by atoms with Gasteiger partial charge in [-0.15, -0.1) is 0 Å². The number of carbonyl (C=O) groups excluding carboxylic acids is 2. The largest absolute Gasteiger partial charge is 0.324 e. The molecular formula is C15H14ClN3O2. The molecule has 2 rings (SSSR count). The van der Waals surface area contributed by atoms with Crippen LogP contribution in [0.15, 0.2) is 48.5 Å². The zero-order chi connectivity index (χ0) is 15.2. The topological polar surface area (TPSA) is 84.2 Å². The minimum absolute atomic E-state index is 0.0379. The summed E-state index contributed by atoms with van der Waals surface area (Å²) in [6.07, 6.45) is 0. The summed E-state index contributed by atoms with van der Waals surface area (Å²) >= 11 is 5.77. The van der Waals surface area contributed by atoms with Crippen LogP contribution in [0.3, 0.4) is 0 Å². The number of Topliss-reactive ketones (excluding diaryl/α,β-unsaturated/α-hetero) is 1. The van der Waals surface area contributed by atoms with E-state index in [0.717, 1.165) is 0 Å². The van der Waals surface area contributed by atoms with Crippen molar-refractivity contribution < 1.29 is 9.59 Å². The SMILES string of the molecule is NCC(=O)c1ccc(NC(=O)Nc2ccc(Cl)cc2)cc1. The molecule has 0 atom stereocenters. The normalized spacial score (nSPS) is 10.0. The lowest BCUT2D eigenvalue weighted by atomic mass is 10.1. The van der Waals surface area contributed by atoms with Crippen molar-refractivity contribution in [2.75, 3.05) is 17.2 Å². The molecule has 108 valence electrons. The van der Waals surface area contributed by atoms with Gasteiger partial charge < -0.3 is 16.4 Å². The average molecular weight is 304 g/mol. The number of hydrogen-bond donors (Lipinski definition) is 3. The maximum atomic E-state index is 11.8. The molecule has 0 aliphatic heterocycles. The molecule has 0 saturated carbocycles. The third kappa shape index (κ3) is 4.30. The van der Waals surface area contributed by atoms with Crippen molar-refractivity contribution in [3.05, 3.63) is 59.1 Å². The van der Waals surface area contributed by atoms with Gasteiger partial charge in [0.05, 0.1) is 6.54 Å². The summed E-state index contributed by atoms with van der Waals surface area (Å²) < 4.78 is 0. The molecule has 21 heavy (non-hydrogen) atoms. The number of nitrogens with two attached hydrogens (primary N) is 1. The molecule has 0 aliphatic rings. The molecule has 0 spiro atoms. The summed E-state index contributed by atoms with van der Waals surface area (Å²) in [5, 5.41) is 5.93. The van der Waals surface area contributed by atoms with Gasteiger partial charge in [-0.2, -0.15) is 0 Å². The first kappa shape index (κ1) is 15.0. The van der Waals surface area contributed by atoms with Crippen LogP contribution in [-0.2, 0) is 0 Å². The molecule has 0 bridgehead atoms. The van der Waals surface area contributed by atoms with Crippen LogP contribution < -0.4 is 16.4 Å². The van der Waals surface area contributed by atoms with Gasteiger partial charge in [-0.1, -0.05) is 11.6 Å². The number of carbonyl (C=O) groups is 2. The van der Waals surface area contributed by atoms with Crippen molar-refractivity contribution >= 4 is 34.8 Å². The lowest BCUT2D eigenvalue weighted by Crippen LogP contribution is -2.19. The molecule has 0 fully saturated rings. The Balaban J connectivity index is 1.96. The van der Waals surface area contributed by atoms with Gasteiger partial charge >= 0.3 is 6.03 Å². The second-order valence-corrected chi connectivity index (χ2v) is 4.73. The van der Waals surface area contributed by atoms with Crippen molar-refractivity contribution in [3.63, 3.8) is 0 Å². The van der Waals surface area contributed by atoms with Gasteiger partial charge in [-0.25, -0.2) is 4.79 Å². The van der Waals surface area contributed by atoms with E-state index in [2.05, 4.69) is 10.6 Å². The van der Waals surface area contributed by atoms with Crippen LogP contribution in [0.1, 0.15) is 10.4 Å². The molecule has 0 saturated heterocycles. The number of urea groups is 1. The monoisotopic (exact) mass is 303 g/mol. The minimum Gasteiger partial charge on any atom is -0.324 e. The summed E-state index contributed by atoms with van der Waals surface area (Å²) in [5.74, 6) is -0.146. The van der Waals surface area contributed by atoms with Gasteiger partial charge in [0.1, 0.15) is 0 Å². The van der Waals surface area contributed by atoms with Crippen LogP contribution in [0, 0.1) is 0 Å². The molecule has 5 nitrogen and oxygen atoms in total. The number of anilines is 2. The van der Waals surface area contributed by atoms with E-state index in [1.807, 2.05) is 0 Å². The van der Waals surface area contributed by atoms with E-state index >= 15 is 0 Å². The number of nitrogens with one attached hydrogen (secondary N) is 2. The highest BCUT2D eigenvalue weighted by Gasteiger charge is 2.05. The highest BCUT2D eigenvalue weighted by Crippen LogP contribution is 2.14. The van der Waals surface area contributed by atoms with Gasteiger partial charge in [0.15, 0.2) is 5.78 Å². The average Bonchev–Trinajstić information content (AvgIpc) is 2.49.